The van der Waals surface area contributed by atoms with Gasteiger partial charge in [0.15, 0.2) is 0 Å². The van der Waals surface area contributed by atoms with Gasteiger partial charge in [-0.05, 0) is 45.6 Å². The van der Waals surface area contributed by atoms with Gasteiger partial charge < -0.3 is 0 Å². The molecule has 0 aliphatic carbocycles. The summed E-state index contributed by atoms with van der Waals surface area (Å²) in [5.41, 5.74) is 0. The van der Waals surface area contributed by atoms with E-state index in [1.54, 1.807) is 9.34 Å². The van der Waals surface area contributed by atoms with Gasteiger partial charge in [0, 0.05) is 5.30 Å². The molecule has 84 valence electrons. The zero-order chi connectivity index (χ0) is 11.6. The molecule has 1 atom stereocenters. The maximum Gasteiger partial charge on any atom is 0.244 e. The van der Waals surface area contributed by atoms with Crippen molar-refractivity contribution in [1.29, 1.82) is 0 Å². The Labute approximate surface area is 94.1 Å². The number of benzene rings is 1. The molecule has 0 saturated carbocycles. The molecule has 0 fully saturated rings. The Morgan fingerprint density at radius 2 is 1.40 bits per heavy atom. The minimum Gasteiger partial charge on any atom is -0.284 e. The molecule has 0 radical (unpaired) electrons. The van der Waals surface area contributed by atoms with Crippen molar-refractivity contribution in [3.05, 3.63) is 24.3 Å². The Kier molecular flexibility index (Phi) is 4.08. The average Bonchev–Trinajstić information content (AvgIpc) is 2.17. The van der Waals surface area contributed by atoms with Gasteiger partial charge in [-0.2, -0.15) is 0 Å². The number of nitrogens with zero attached hydrogens (tertiary/aromatic N) is 2. The Morgan fingerprint density at radius 3 is 1.73 bits per heavy atom. The van der Waals surface area contributed by atoms with Crippen LogP contribution >= 0.6 is 16.7 Å². The monoisotopic (exact) mass is 244 g/mol. The van der Waals surface area contributed by atoms with Crippen LogP contribution in [0.3, 0.4) is 0 Å². The molecule has 0 aliphatic rings. The molecule has 0 heterocycles. The third-order valence-electron chi connectivity index (χ3n) is 2.31. The number of rotatable bonds is 3. The van der Waals surface area contributed by atoms with Crippen LogP contribution in [0.15, 0.2) is 24.3 Å². The highest BCUT2D eigenvalue weighted by Crippen LogP contribution is 2.47. The predicted molar refractivity (Wildman–Crippen MR) is 70.4 cm³/mol. The zero-order valence-corrected chi connectivity index (χ0v) is 11.7. The first-order chi connectivity index (χ1) is 6.89. The normalized spacial score (nSPS) is 12.5. The Morgan fingerprint density at radius 1 is 1.00 bits per heavy atom. The second kappa shape index (κ2) is 4.76. The van der Waals surface area contributed by atoms with Gasteiger partial charge in [-0.25, -0.2) is 9.34 Å². The summed E-state index contributed by atoms with van der Waals surface area (Å²) in [6, 6.07) is 7.76. The molecule has 15 heavy (non-hydrogen) atoms. The van der Waals surface area contributed by atoms with Gasteiger partial charge in [-0.15, -0.1) is 9.24 Å². The second-order valence-electron chi connectivity index (χ2n) is 3.83. The molecule has 0 aromatic heterocycles. The van der Waals surface area contributed by atoms with E-state index in [-0.39, 0.29) is 0 Å². The van der Waals surface area contributed by atoms with Crippen molar-refractivity contribution in [1.82, 2.24) is 9.34 Å². The van der Waals surface area contributed by atoms with E-state index in [2.05, 4.69) is 9.24 Å². The molecular weight excluding hydrogens is 226 g/mol. The third kappa shape index (κ3) is 2.49. The van der Waals surface area contributed by atoms with Crippen molar-refractivity contribution in [2.75, 3.05) is 28.2 Å². The van der Waals surface area contributed by atoms with Crippen molar-refractivity contribution in [2.45, 2.75) is 0 Å². The van der Waals surface area contributed by atoms with Crippen LogP contribution in [0.5, 0.6) is 0 Å². The molecule has 0 saturated heterocycles. The number of hydrogen-bond donors (Lipinski definition) is 0. The van der Waals surface area contributed by atoms with Gasteiger partial charge in [0.1, 0.15) is 0 Å². The van der Waals surface area contributed by atoms with E-state index in [4.69, 9.17) is 0 Å². The van der Waals surface area contributed by atoms with Crippen LogP contribution < -0.4 is 10.6 Å². The average molecular weight is 244 g/mol. The van der Waals surface area contributed by atoms with Crippen molar-refractivity contribution in [3.8, 4) is 0 Å². The second-order valence-corrected chi connectivity index (χ2v) is 7.70. The Bertz CT molecular complexity index is 362. The van der Waals surface area contributed by atoms with E-state index in [1.165, 1.54) is 0 Å². The van der Waals surface area contributed by atoms with Crippen LogP contribution in [0.2, 0.25) is 0 Å². The molecule has 1 aromatic carbocycles. The minimum absolute atomic E-state index is 0.865. The van der Waals surface area contributed by atoms with Crippen LogP contribution in [-0.4, -0.2) is 37.5 Å². The molecule has 0 N–H and O–H groups in total. The van der Waals surface area contributed by atoms with Gasteiger partial charge in [-0.3, -0.25) is 4.57 Å². The summed E-state index contributed by atoms with van der Waals surface area (Å²) in [5.74, 6) is 0. The summed E-state index contributed by atoms with van der Waals surface area (Å²) in [5, 5.41) is 1.96. The molecule has 1 aromatic rings. The van der Waals surface area contributed by atoms with Crippen LogP contribution in [0.25, 0.3) is 0 Å². The lowest BCUT2D eigenvalue weighted by Crippen LogP contribution is -2.28. The van der Waals surface area contributed by atoms with E-state index < -0.39 is 7.44 Å². The lowest BCUT2D eigenvalue weighted by Gasteiger charge is -2.30. The fourth-order valence-electron chi connectivity index (χ4n) is 1.49. The Hall–Kier alpha value is -0.200. The first-order valence-electron chi connectivity index (χ1n) is 4.71. The molecule has 0 bridgehead atoms. The van der Waals surface area contributed by atoms with Crippen LogP contribution in [0.4, 0.5) is 0 Å². The molecule has 0 amide bonds. The van der Waals surface area contributed by atoms with Crippen molar-refractivity contribution >= 4 is 27.3 Å². The van der Waals surface area contributed by atoms with E-state index in [1.807, 2.05) is 52.5 Å². The third-order valence-corrected chi connectivity index (χ3v) is 5.84. The number of hydrogen-bond acceptors (Lipinski definition) is 1. The summed E-state index contributed by atoms with van der Waals surface area (Å²) in [6.45, 7) is 0. The smallest absolute Gasteiger partial charge is 0.244 e. The summed E-state index contributed by atoms with van der Waals surface area (Å²) >= 11 is 0. The van der Waals surface area contributed by atoms with E-state index in [0.29, 0.717) is 0 Å². The quantitative estimate of drug-likeness (QED) is 0.745. The van der Waals surface area contributed by atoms with Crippen molar-refractivity contribution in [3.63, 3.8) is 0 Å². The largest absolute Gasteiger partial charge is 0.284 e. The standard InChI is InChI=1S/C10H18N2OP2/c1-11(2)15(13,12(3)4)10-7-5-9(14)6-8-10/h5-8H,14H2,1-4H3. The van der Waals surface area contributed by atoms with Crippen LogP contribution in [-0.2, 0) is 4.57 Å². The van der Waals surface area contributed by atoms with E-state index in [9.17, 15) is 4.57 Å². The van der Waals surface area contributed by atoms with Gasteiger partial charge >= 0.3 is 0 Å². The fraction of sp³-hybridized carbons (Fsp3) is 0.400. The SMILES string of the molecule is CN(C)P(=O)(c1ccc(P)cc1)N(C)C. The lowest BCUT2D eigenvalue weighted by molar-refractivity contribution is 0.460. The highest BCUT2D eigenvalue weighted by molar-refractivity contribution is 7.67. The fourth-order valence-corrected chi connectivity index (χ4v) is 3.86. The van der Waals surface area contributed by atoms with Crippen LogP contribution in [0.1, 0.15) is 0 Å². The highest BCUT2D eigenvalue weighted by atomic mass is 31.2. The van der Waals surface area contributed by atoms with Gasteiger partial charge in [-0.1, -0.05) is 12.1 Å². The Balaban J connectivity index is 3.22. The van der Waals surface area contributed by atoms with Crippen molar-refractivity contribution in [2.24, 2.45) is 0 Å². The predicted octanol–water partition coefficient (Wildman–Crippen LogP) is 1.13. The van der Waals surface area contributed by atoms with E-state index >= 15 is 0 Å². The summed E-state index contributed by atoms with van der Waals surface area (Å²) in [4.78, 5) is 0. The topological polar surface area (TPSA) is 23.6 Å². The molecule has 5 heteroatoms. The molecular formula is C10H18N2OP2. The zero-order valence-electron chi connectivity index (χ0n) is 9.64. The van der Waals surface area contributed by atoms with Gasteiger partial charge in [0.2, 0.25) is 7.44 Å². The molecule has 1 unspecified atom stereocenters. The maximum absolute atomic E-state index is 12.8. The molecule has 0 aliphatic heterocycles. The summed E-state index contributed by atoms with van der Waals surface area (Å²) in [6.07, 6.45) is 0. The van der Waals surface area contributed by atoms with E-state index in [0.717, 1.165) is 10.6 Å². The lowest BCUT2D eigenvalue weighted by atomic mass is 10.4. The van der Waals surface area contributed by atoms with Gasteiger partial charge in [0.05, 0.1) is 0 Å². The first kappa shape index (κ1) is 12.9. The van der Waals surface area contributed by atoms with Gasteiger partial charge in [0.25, 0.3) is 0 Å². The molecule has 3 nitrogen and oxygen atoms in total. The first-order valence-corrected chi connectivity index (χ1v) is 6.89. The summed E-state index contributed by atoms with van der Waals surface area (Å²) < 4.78 is 16.3. The minimum atomic E-state index is -2.58. The highest BCUT2D eigenvalue weighted by Gasteiger charge is 2.29. The van der Waals surface area contributed by atoms with Crippen LogP contribution in [0, 0.1) is 0 Å². The molecule has 1 rings (SSSR count). The summed E-state index contributed by atoms with van der Waals surface area (Å²) in [7, 11) is 7.42. The molecule has 0 spiro atoms. The van der Waals surface area contributed by atoms with Crippen molar-refractivity contribution < 1.29 is 4.57 Å². The maximum atomic E-state index is 12.8.